The van der Waals surface area contributed by atoms with E-state index in [1.54, 1.807) is 27.0 Å². The van der Waals surface area contributed by atoms with Gasteiger partial charge in [0.2, 0.25) is 0 Å². The summed E-state index contributed by atoms with van der Waals surface area (Å²) in [4.78, 5) is 20.1. The zero-order valence-corrected chi connectivity index (χ0v) is 13.1. The highest BCUT2D eigenvalue weighted by atomic mass is 16.4. The van der Waals surface area contributed by atoms with Gasteiger partial charge in [-0.2, -0.15) is 0 Å². The molecule has 1 aromatic heterocycles. The molecular formula is C17H19N3O2. The Balaban J connectivity index is 2.58. The zero-order valence-electron chi connectivity index (χ0n) is 13.1. The van der Waals surface area contributed by atoms with Gasteiger partial charge >= 0.3 is 5.97 Å². The van der Waals surface area contributed by atoms with Gasteiger partial charge in [-0.3, -0.25) is 4.99 Å². The van der Waals surface area contributed by atoms with Gasteiger partial charge in [-0.15, -0.1) is 0 Å². The van der Waals surface area contributed by atoms with Crippen LogP contribution in [0.1, 0.15) is 34.1 Å². The van der Waals surface area contributed by atoms with Crippen LogP contribution >= 0.6 is 0 Å². The number of hydrogen-bond donors (Lipinski definition) is 2. The number of carbonyl (C=O) groups is 1. The highest BCUT2D eigenvalue weighted by Crippen LogP contribution is 2.24. The third kappa shape index (κ3) is 3.31. The minimum atomic E-state index is -0.990. The molecule has 0 aliphatic heterocycles. The van der Waals surface area contributed by atoms with Crippen LogP contribution in [0.5, 0.6) is 0 Å². The summed E-state index contributed by atoms with van der Waals surface area (Å²) < 4.78 is 0. The predicted molar refractivity (Wildman–Crippen MR) is 88.5 cm³/mol. The number of nitrogens with zero attached hydrogens (tertiary/aromatic N) is 2. The van der Waals surface area contributed by atoms with E-state index in [4.69, 9.17) is 0 Å². The minimum Gasteiger partial charge on any atom is -0.478 e. The second-order valence-corrected chi connectivity index (χ2v) is 5.14. The highest BCUT2D eigenvalue weighted by Gasteiger charge is 2.19. The van der Waals surface area contributed by atoms with Gasteiger partial charge in [-0.1, -0.05) is 17.7 Å². The summed E-state index contributed by atoms with van der Waals surface area (Å²) in [5.74, 6) is -0.486. The molecule has 0 amide bonds. The molecule has 114 valence electrons. The van der Waals surface area contributed by atoms with Crippen molar-refractivity contribution in [3.8, 4) is 0 Å². The highest BCUT2D eigenvalue weighted by molar-refractivity contribution is 6.11. The molecule has 2 rings (SSSR count). The second kappa shape index (κ2) is 6.39. The summed E-state index contributed by atoms with van der Waals surface area (Å²) in [5, 5.41) is 12.6. The Morgan fingerprint density at radius 2 is 1.86 bits per heavy atom. The largest absolute Gasteiger partial charge is 0.478 e. The maximum atomic E-state index is 11.5. The molecule has 22 heavy (non-hydrogen) atoms. The zero-order chi connectivity index (χ0) is 16.3. The first-order valence-corrected chi connectivity index (χ1v) is 6.94. The monoisotopic (exact) mass is 297 g/mol. The number of aromatic carboxylic acids is 1. The maximum absolute atomic E-state index is 11.5. The lowest BCUT2D eigenvalue weighted by molar-refractivity contribution is 0.0696. The van der Waals surface area contributed by atoms with Crippen molar-refractivity contribution in [1.82, 2.24) is 4.98 Å². The number of aliphatic imine (C=N–C) groups is 1. The van der Waals surface area contributed by atoms with E-state index in [0.29, 0.717) is 22.8 Å². The van der Waals surface area contributed by atoms with Gasteiger partial charge in [0.15, 0.2) is 0 Å². The number of hydrogen-bond acceptors (Lipinski definition) is 4. The van der Waals surface area contributed by atoms with Crippen molar-refractivity contribution >= 4 is 23.2 Å². The SMILES string of the molecule is C/N=C(/C)c1c(C(=O)O)cc(C)nc1Nc1ccc(C)cc1. The first-order valence-electron chi connectivity index (χ1n) is 6.94. The molecule has 0 saturated heterocycles. The summed E-state index contributed by atoms with van der Waals surface area (Å²) in [6, 6.07) is 9.39. The number of aryl methyl sites for hydroxylation is 2. The summed E-state index contributed by atoms with van der Waals surface area (Å²) in [5.41, 5.74) is 3.98. The standard InChI is InChI=1S/C17H19N3O2/c1-10-5-7-13(8-6-10)20-16-15(12(3)18-4)14(17(21)22)9-11(2)19-16/h5-9H,1-4H3,(H,19,20)(H,21,22)/b18-12-. The number of carboxylic acids is 1. The van der Waals surface area contributed by atoms with Gasteiger partial charge in [-0.25, -0.2) is 9.78 Å². The van der Waals surface area contributed by atoms with Gasteiger partial charge in [-0.05, 0) is 39.0 Å². The Bertz CT molecular complexity index is 734. The lowest BCUT2D eigenvalue weighted by Crippen LogP contribution is -2.13. The number of rotatable bonds is 4. The van der Waals surface area contributed by atoms with Gasteiger partial charge in [0.1, 0.15) is 5.82 Å². The third-order valence-corrected chi connectivity index (χ3v) is 3.39. The number of benzene rings is 1. The van der Waals surface area contributed by atoms with Gasteiger partial charge < -0.3 is 10.4 Å². The first-order chi connectivity index (χ1) is 10.4. The number of nitrogens with one attached hydrogen (secondary N) is 1. The van der Waals surface area contributed by atoms with Crippen molar-refractivity contribution in [2.75, 3.05) is 12.4 Å². The number of carboxylic acid groups (broad SMARTS) is 1. The first kappa shape index (κ1) is 15.7. The molecule has 0 bridgehead atoms. The molecule has 0 fully saturated rings. The Kier molecular flexibility index (Phi) is 4.56. The summed E-state index contributed by atoms with van der Waals surface area (Å²) in [6.07, 6.45) is 0. The molecule has 0 saturated carbocycles. The van der Waals surface area contributed by atoms with Crippen molar-refractivity contribution in [2.24, 2.45) is 4.99 Å². The van der Waals surface area contributed by atoms with Crippen LogP contribution in [-0.2, 0) is 0 Å². The normalized spacial score (nSPS) is 11.4. The lowest BCUT2D eigenvalue weighted by Gasteiger charge is -2.14. The summed E-state index contributed by atoms with van der Waals surface area (Å²) >= 11 is 0. The van der Waals surface area contributed by atoms with Crippen LogP contribution in [0, 0.1) is 13.8 Å². The van der Waals surface area contributed by atoms with E-state index in [9.17, 15) is 9.90 Å². The number of aromatic nitrogens is 1. The van der Waals surface area contributed by atoms with Crippen molar-refractivity contribution in [3.63, 3.8) is 0 Å². The van der Waals surface area contributed by atoms with Gasteiger partial charge in [0.25, 0.3) is 0 Å². The quantitative estimate of drug-likeness (QED) is 0.846. The van der Waals surface area contributed by atoms with E-state index in [1.807, 2.05) is 31.2 Å². The van der Waals surface area contributed by atoms with E-state index in [0.717, 1.165) is 11.3 Å². The molecule has 5 heteroatoms. The summed E-state index contributed by atoms with van der Waals surface area (Å²) in [6.45, 7) is 5.56. The molecule has 0 aliphatic carbocycles. The third-order valence-electron chi connectivity index (χ3n) is 3.39. The van der Waals surface area contributed by atoms with Crippen LogP contribution in [0.3, 0.4) is 0 Å². The van der Waals surface area contributed by atoms with Gasteiger partial charge in [0.05, 0.1) is 11.1 Å². The fourth-order valence-electron chi connectivity index (χ4n) is 2.18. The Morgan fingerprint density at radius 1 is 1.23 bits per heavy atom. The van der Waals surface area contributed by atoms with E-state index in [2.05, 4.69) is 15.3 Å². The van der Waals surface area contributed by atoms with E-state index in [1.165, 1.54) is 0 Å². The Labute approximate surface area is 129 Å². The van der Waals surface area contributed by atoms with Crippen molar-refractivity contribution in [2.45, 2.75) is 20.8 Å². The van der Waals surface area contributed by atoms with Crippen LogP contribution in [0.25, 0.3) is 0 Å². The molecule has 1 aromatic carbocycles. The summed E-state index contributed by atoms with van der Waals surface area (Å²) in [7, 11) is 1.64. The molecule has 0 aliphatic rings. The maximum Gasteiger partial charge on any atom is 0.336 e. The fraction of sp³-hybridized carbons (Fsp3) is 0.235. The van der Waals surface area contributed by atoms with E-state index < -0.39 is 5.97 Å². The lowest BCUT2D eigenvalue weighted by atomic mass is 10.0. The van der Waals surface area contributed by atoms with Crippen LogP contribution in [-0.4, -0.2) is 28.8 Å². The van der Waals surface area contributed by atoms with Crippen LogP contribution in [0.15, 0.2) is 35.3 Å². The molecular weight excluding hydrogens is 278 g/mol. The van der Waals surface area contributed by atoms with Crippen LogP contribution < -0.4 is 5.32 Å². The minimum absolute atomic E-state index is 0.199. The number of anilines is 2. The smallest absolute Gasteiger partial charge is 0.336 e. The molecule has 0 spiro atoms. The number of pyridine rings is 1. The van der Waals surface area contributed by atoms with Crippen LogP contribution in [0.4, 0.5) is 11.5 Å². The molecule has 2 N–H and O–H groups in total. The van der Waals surface area contributed by atoms with E-state index in [-0.39, 0.29) is 5.56 Å². The van der Waals surface area contributed by atoms with Crippen molar-refractivity contribution in [3.05, 3.63) is 52.7 Å². The Morgan fingerprint density at radius 3 is 2.41 bits per heavy atom. The molecule has 2 aromatic rings. The van der Waals surface area contributed by atoms with Crippen LogP contribution in [0.2, 0.25) is 0 Å². The molecule has 5 nitrogen and oxygen atoms in total. The molecule has 0 radical (unpaired) electrons. The Hall–Kier alpha value is -2.69. The average molecular weight is 297 g/mol. The molecule has 0 unspecified atom stereocenters. The average Bonchev–Trinajstić information content (AvgIpc) is 2.48. The second-order valence-electron chi connectivity index (χ2n) is 5.14. The topological polar surface area (TPSA) is 74.6 Å². The fourth-order valence-corrected chi connectivity index (χ4v) is 2.18. The predicted octanol–water partition coefficient (Wildman–Crippen LogP) is 3.58. The molecule has 0 atom stereocenters. The van der Waals surface area contributed by atoms with Gasteiger partial charge in [0, 0.05) is 24.1 Å². The molecule has 1 heterocycles. The van der Waals surface area contributed by atoms with E-state index >= 15 is 0 Å². The van der Waals surface area contributed by atoms with Crippen molar-refractivity contribution in [1.29, 1.82) is 0 Å². The van der Waals surface area contributed by atoms with Crippen molar-refractivity contribution < 1.29 is 9.90 Å².